The first kappa shape index (κ1) is 22.0. The van der Waals surface area contributed by atoms with Crippen molar-refractivity contribution < 1.29 is 9.44 Å². The van der Waals surface area contributed by atoms with E-state index in [9.17, 15) is 10.0 Å². The lowest BCUT2D eigenvalue weighted by Gasteiger charge is -2.47. The van der Waals surface area contributed by atoms with Gasteiger partial charge in [-0.25, -0.2) is 4.79 Å². The number of piperazine rings is 1. The molecule has 170 valence electrons. The summed E-state index contributed by atoms with van der Waals surface area (Å²) in [5.74, 6) is -0.299. The maximum absolute atomic E-state index is 13.4. The second-order valence-electron chi connectivity index (χ2n) is 8.81. The van der Waals surface area contributed by atoms with Gasteiger partial charge in [-0.1, -0.05) is 23.7 Å². The normalized spacial score (nSPS) is 20.0. The largest absolute Gasteiger partial charge is 0.625 e. The number of carbonyl (C=O) groups is 1. The van der Waals surface area contributed by atoms with Crippen molar-refractivity contribution in [1.82, 2.24) is 14.9 Å². The van der Waals surface area contributed by atoms with E-state index in [1.54, 1.807) is 24.5 Å². The number of benzene rings is 1. The molecule has 0 aliphatic carbocycles. The van der Waals surface area contributed by atoms with Gasteiger partial charge in [-0.3, -0.25) is 19.5 Å². The molecular formula is C25H26ClN5O2. The van der Waals surface area contributed by atoms with Gasteiger partial charge < -0.3 is 10.1 Å². The van der Waals surface area contributed by atoms with Gasteiger partial charge in [0.2, 0.25) is 0 Å². The molecule has 3 aromatic rings. The standard InChI is InChI=1S/C25H26ClN5O2/c1-29-17-19-3-2-8-28-24(19)25(21-5-4-20(26)16-22(21)29)30-11-13-31(33,14-12-30)23(32)15-18-6-9-27-10-7-18/h2-10,16,25H,11-15,17H2,1H3. The number of rotatable bonds is 3. The van der Waals surface area contributed by atoms with Gasteiger partial charge in [-0.2, -0.15) is 0 Å². The second kappa shape index (κ2) is 8.83. The molecule has 8 heteroatoms. The molecule has 1 fully saturated rings. The first-order chi connectivity index (χ1) is 15.9. The minimum absolute atomic E-state index is 0.0949. The predicted molar refractivity (Wildman–Crippen MR) is 128 cm³/mol. The summed E-state index contributed by atoms with van der Waals surface area (Å²) in [7, 11) is 2.06. The molecule has 4 heterocycles. The Balaban J connectivity index is 1.42. The summed E-state index contributed by atoms with van der Waals surface area (Å²) < 4.78 is -0.798. The topological polar surface area (TPSA) is 72.4 Å². The minimum Gasteiger partial charge on any atom is -0.625 e. The van der Waals surface area contributed by atoms with E-state index in [1.807, 2.05) is 24.4 Å². The van der Waals surface area contributed by atoms with Gasteiger partial charge in [0.25, 0.3) is 0 Å². The maximum atomic E-state index is 13.4. The summed E-state index contributed by atoms with van der Waals surface area (Å²) >= 11 is 6.34. The van der Waals surface area contributed by atoms with Crippen LogP contribution in [0.5, 0.6) is 0 Å². The number of fused-ring (bicyclic) bond motifs is 2. The van der Waals surface area contributed by atoms with Gasteiger partial charge in [0.1, 0.15) is 0 Å². The van der Waals surface area contributed by atoms with Crippen LogP contribution in [0.1, 0.15) is 28.4 Å². The molecule has 1 aromatic carbocycles. The lowest BCUT2D eigenvalue weighted by Crippen LogP contribution is -2.60. The summed E-state index contributed by atoms with van der Waals surface area (Å²) in [4.78, 5) is 26.1. The van der Waals surface area contributed by atoms with E-state index in [1.165, 1.54) is 0 Å². The number of hydrogen-bond acceptors (Lipinski definition) is 6. The minimum atomic E-state index is -0.798. The fourth-order valence-corrected chi connectivity index (χ4v) is 5.06. The number of quaternary nitrogens is 1. The van der Waals surface area contributed by atoms with Crippen molar-refractivity contribution in [3.05, 3.63) is 93.7 Å². The zero-order valence-corrected chi connectivity index (χ0v) is 19.3. The summed E-state index contributed by atoms with van der Waals surface area (Å²) in [6.45, 7) is 2.20. The van der Waals surface area contributed by atoms with Crippen LogP contribution in [-0.4, -0.2) is 58.6 Å². The van der Waals surface area contributed by atoms with Crippen molar-refractivity contribution in [2.24, 2.45) is 0 Å². The van der Waals surface area contributed by atoms with Gasteiger partial charge in [-0.15, -0.1) is 0 Å². The van der Waals surface area contributed by atoms with Crippen LogP contribution in [-0.2, 0) is 17.8 Å². The van der Waals surface area contributed by atoms with Gasteiger partial charge >= 0.3 is 5.91 Å². The zero-order chi connectivity index (χ0) is 23.0. The third kappa shape index (κ3) is 4.25. The summed E-state index contributed by atoms with van der Waals surface area (Å²) in [5, 5.41) is 14.1. The molecule has 1 atom stereocenters. The molecule has 33 heavy (non-hydrogen) atoms. The molecule has 5 rings (SSSR count). The Bertz CT molecular complexity index is 1160. The number of halogens is 1. The molecule has 2 aliphatic rings. The van der Waals surface area contributed by atoms with Crippen LogP contribution in [0.2, 0.25) is 5.02 Å². The number of carbonyl (C=O) groups excluding carboxylic acids is 1. The average molecular weight is 464 g/mol. The molecule has 2 aromatic heterocycles. The van der Waals surface area contributed by atoms with E-state index < -0.39 is 4.65 Å². The van der Waals surface area contributed by atoms with Crippen molar-refractivity contribution in [3.63, 3.8) is 0 Å². The van der Waals surface area contributed by atoms with Crippen LogP contribution in [0.15, 0.2) is 61.1 Å². The molecule has 7 nitrogen and oxygen atoms in total. The average Bonchev–Trinajstić information content (AvgIpc) is 2.94. The third-order valence-electron chi connectivity index (χ3n) is 6.71. The Kier molecular flexibility index (Phi) is 5.88. The molecule has 1 saturated heterocycles. The first-order valence-corrected chi connectivity index (χ1v) is 11.5. The maximum Gasteiger partial charge on any atom is 0.318 e. The molecule has 1 amide bonds. The Morgan fingerprint density at radius 1 is 1.15 bits per heavy atom. The van der Waals surface area contributed by atoms with E-state index in [0.717, 1.165) is 34.6 Å². The van der Waals surface area contributed by atoms with Gasteiger partial charge in [0.15, 0.2) is 0 Å². The highest BCUT2D eigenvalue weighted by atomic mass is 35.5. The molecule has 0 saturated carbocycles. The van der Waals surface area contributed by atoms with Crippen LogP contribution in [0.3, 0.4) is 0 Å². The Morgan fingerprint density at radius 3 is 2.67 bits per heavy atom. The van der Waals surface area contributed by atoms with E-state index >= 15 is 0 Å². The van der Waals surface area contributed by atoms with Crippen LogP contribution < -0.4 is 4.90 Å². The third-order valence-corrected chi connectivity index (χ3v) is 6.95. The van der Waals surface area contributed by atoms with E-state index in [4.69, 9.17) is 16.6 Å². The van der Waals surface area contributed by atoms with Crippen LogP contribution in [0.25, 0.3) is 0 Å². The monoisotopic (exact) mass is 463 g/mol. The van der Waals surface area contributed by atoms with Crippen molar-refractivity contribution in [3.8, 4) is 0 Å². The highest BCUT2D eigenvalue weighted by Gasteiger charge is 2.38. The number of pyridine rings is 2. The highest BCUT2D eigenvalue weighted by molar-refractivity contribution is 6.30. The zero-order valence-electron chi connectivity index (χ0n) is 18.5. The molecular weight excluding hydrogens is 438 g/mol. The van der Waals surface area contributed by atoms with Crippen molar-refractivity contribution in [2.75, 3.05) is 38.1 Å². The SMILES string of the molecule is CN1Cc2cccnc2C(N2CC[N+]([O-])(C(=O)Cc3ccncc3)CC2)c2ccc(Cl)cc21. The van der Waals surface area contributed by atoms with Crippen molar-refractivity contribution in [2.45, 2.75) is 19.0 Å². The molecule has 1 unspecified atom stereocenters. The van der Waals surface area contributed by atoms with Crippen LogP contribution >= 0.6 is 11.6 Å². The van der Waals surface area contributed by atoms with Gasteiger partial charge in [-0.05, 0) is 47.0 Å². The quantitative estimate of drug-likeness (QED) is 0.437. The predicted octanol–water partition coefficient (Wildman–Crippen LogP) is 3.57. The second-order valence-corrected chi connectivity index (χ2v) is 9.24. The number of amides is 1. The number of anilines is 1. The van der Waals surface area contributed by atoms with E-state index in [0.29, 0.717) is 18.1 Å². The van der Waals surface area contributed by atoms with E-state index in [2.05, 4.69) is 34.0 Å². The molecule has 0 spiro atoms. The lowest BCUT2D eigenvalue weighted by molar-refractivity contribution is -0.810. The fourth-order valence-electron chi connectivity index (χ4n) is 4.90. The highest BCUT2D eigenvalue weighted by Crippen LogP contribution is 2.41. The molecule has 0 N–H and O–H groups in total. The molecule has 0 radical (unpaired) electrons. The van der Waals surface area contributed by atoms with Crippen molar-refractivity contribution >= 4 is 23.2 Å². The fraction of sp³-hybridized carbons (Fsp3) is 0.320. The van der Waals surface area contributed by atoms with Gasteiger partial charge in [0.05, 0.1) is 31.2 Å². The molecule has 0 bridgehead atoms. The summed E-state index contributed by atoms with van der Waals surface area (Å²) in [6, 6.07) is 13.5. The smallest absolute Gasteiger partial charge is 0.318 e. The summed E-state index contributed by atoms with van der Waals surface area (Å²) in [6.07, 6.45) is 5.24. The Hall–Kier alpha value is -2.84. The Labute approximate surface area is 198 Å². The molecule has 2 aliphatic heterocycles. The Morgan fingerprint density at radius 2 is 1.91 bits per heavy atom. The summed E-state index contributed by atoms with van der Waals surface area (Å²) in [5.41, 5.74) is 5.15. The number of nitrogens with zero attached hydrogens (tertiary/aromatic N) is 5. The van der Waals surface area contributed by atoms with E-state index in [-0.39, 0.29) is 31.5 Å². The first-order valence-electron chi connectivity index (χ1n) is 11.1. The number of hydrogen-bond donors (Lipinski definition) is 0. The number of hydroxylamine groups is 3. The number of aromatic nitrogens is 2. The van der Waals surface area contributed by atoms with Gasteiger partial charge in [0, 0.05) is 56.0 Å². The van der Waals surface area contributed by atoms with Crippen LogP contribution in [0, 0.1) is 5.21 Å². The lowest BCUT2D eigenvalue weighted by atomic mass is 9.97. The van der Waals surface area contributed by atoms with Crippen LogP contribution in [0.4, 0.5) is 5.69 Å². The van der Waals surface area contributed by atoms with Crippen molar-refractivity contribution in [1.29, 1.82) is 0 Å².